The van der Waals surface area contributed by atoms with Gasteiger partial charge < -0.3 is 10.8 Å². The van der Waals surface area contributed by atoms with Crippen LogP contribution < -0.4 is 5.73 Å². The molecule has 0 radical (unpaired) electrons. The molecule has 5 heteroatoms. The van der Waals surface area contributed by atoms with E-state index in [9.17, 15) is 4.79 Å². The molecule has 1 rings (SSSR count). The maximum atomic E-state index is 10.7. The van der Waals surface area contributed by atoms with Crippen molar-refractivity contribution in [3.05, 3.63) is 35.9 Å². The van der Waals surface area contributed by atoms with Gasteiger partial charge in [0, 0.05) is 7.05 Å². The van der Waals surface area contributed by atoms with Crippen LogP contribution in [-0.4, -0.2) is 35.3 Å². The van der Waals surface area contributed by atoms with Crippen LogP contribution in [0.4, 0.5) is 0 Å². The molecule has 0 fully saturated rings. The zero-order chi connectivity index (χ0) is 12.8. The first kappa shape index (κ1) is 13.6. The van der Waals surface area contributed by atoms with Crippen LogP contribution in [0.3, 0.4) is 0 Å². The average Bonchev–Trinajstić information content (AvgIpc) is 2.35. The summed E-state index contributed by atoms with van der Waals surface area (Å²) >= 11 is 0. The Morgan fingerprint density at radius 2 is 2.06 bits per heavy atom. The van der Waals surface area contributed by atoms with E-state index in [0.717, 1.165) is 5.56 Å². The molecule has 0 spiro atoms. The molecule has 0 saturated heterocycles. The van der Waals surface area contributed by atoms with Gasteiger partial charge in [0.2, 0.25) is 0 Å². The Morgan fingerprint density at radius 1 is 1.47 bits per heavy atom. The van der Waals surface area contributed by atoms with E-state index in [1.165, 1.54) is 5.06 Å². The molecular formula is C12H18N2O3. The van der Waals surface area contributed by atoms with Crippen molar-refractivity contribution < 1.29 is 14.7 Å². The van der Waals surface area contributed by atoms with Crippen LogP contribution in [-0.2, 0) is 16.2 Å². The van der Waals surface area contributed by atoms with Gasteiger partial charge in [0.15, 0.2) is 0 Å². The Kier molecular flexibility index (Phi) is 5.09. The summed E-state index contributed by atoms with van der Waals surface area (Å²) in [7, 11) is 1.68. The minimum absolute atomic E-state index is 0.392. The molecule has 0 aliphatic carbocycles. The maximum absolute atomic E-state index is 10.7. The SMILES string of the molecule is C[C@@H]([C@H](N)C(=O)O)N(C)OCc1ccccc1. The fraction of sp³-hybridized carbons (Fsp3) is 0.417. The van der Waals surface area contributed by atoms with Crippen molar-refractivity contribution in [2.45, 2.75) is 25.6 Å². The maximum Gasteiger partial charge on any atom is 0.322 e. The van der Waals surface area contributed by atoms with Crippen molar-refractivity contribution in [3.8, 4) is 0 Å². The van der Waals surface area contributed by atoms with E-state index in [-0.39, 0.29) is 0 Å². The highest BCUT2D eigenvalue weighted by atomic mass is 16.7. The zero-order valence-corrected chi connectivity index (χ0v) is 10.0. The van der Waals surface area contributed by atoms with Crippen LogP contribution >= 0.6 is 0 Å². The predicted octanol–water partition coefficient (Wildman–Crippen LogP) is 0.850. The molecule has 0 unspecified atom stereocenters. The molecule has 2 atom stereocenters. The molecule has 94 valence electrons. The predicted molar refractivity (Wildman–Crippen MR) is 64.1 cm³/mol. The average molecular weight is 238 g/mol. The van der Waals surface area contributed by atoms with Crippen LogP contribution in [0.15, 0.2) is 30.3 Å². The van der Waals surface area contributed by atoms with Crippen LogP contribution in [0.2, 0.25) is 0 Å². The Hall–Kier alpha value is -1.43. The zero-order valence-electron chi connectivity index (χ0n) is 10.0. The van der Waals surface area contributed by atoms with Crippen LogP contribution in [0, 0.1) is 0 Å². The molecule has 3 N–H and O–H groups in total. The van der Waals surface area contributed by atoms with E-state index < -0.39 is 18.1 Å². The number of carboxylic acids is 1. The van der Waals surface area contributed by atoms with Gasteiger partial charge in [0.1, 0.15) is 6.04 Å². The van der Waals surface area contributed by atoms with Gasteiger partial charge in [-0.2, -0.15) is 5.06 Å². The highest BCUT2D eigenvalue weighted by Gasteiger charge is 2.24. The molecule has 0 saturated carbocycles. The summed E-state index contributed by atoms with van der Waals surface area (Å²) in [6.07, 6.45) is 0. The lowest BCUT2D eigenvalue weighted by molar-refractivity contribution is -0.183. The number of aliphatic carboxylic acids is 1. The smallest absolute Gasteiger partial charge is 0.322 e. The van der Waals surface area contributed by atoms with Gasteiger partial charge in [-0.15, -0.1) is 0 Å². The lowest BCUT2D eigenvalue weighted by Gasteiger charge is -2.26. The van der Waals surface area contributed by atoms with E-state index in [4.69, 9.17) is 15.7 Å². The van der Waals surface area contributed by atoms with Crippen molar-refractivity contribution >= 4 is 5.97 Å². The number of hydroxylamine groups is 2. The minimum atomic E-state index is -1.03. The molecule has 0 aliphatic rings. The molecule has 0 aliphatic heterocycles. The van der Waals surface area contributed by atoms with E-state index in [2.05, 4.69) is 0 Å². The fourth-order valence-corrected chi connectivity index (χ4v) is 1.30. The summed E-state index contributed by atoms with van der Waals surface area (Å²) in [5.41, 5.74) is 6.53. The lowest BCUT2D eigenvalue weighted by Crippen LogP contribution is -2.48. The molecule has 0 heterocycles. The molecule has 1 aromatic rings. The summed E-state index contributed by atoms with van der Waals surface area (Å²) in [6.45, 7) is 2.11. The Morgan fingerprint density at radius 3 is 2.59 bits per heavy atom. The number of carboxylic acid groups (broad SMARTS) is 1. The van der Waals surface area contributed by atoms with E-state index in [1.54, 1.807) is 14.0 Å². The van der Waals surface area contributed by atoms with Crippen molar-refractivity contribution in [2.75, 3.05) is 7.05 Å². The fourth-order valence-electron chi connectivity index (χ4n) is 1.30. The number of benzene rings is 1. The number of rotatable bonds is 6. The second-order valence-corrected chi connectivity index (χ2v) is 3.91. The van der Waals surface area contributed by atoms with Crippen LogP contribution in [0.25, 0.3) is 0 Å². The molecular weight excluding hydrogens is 220 g/mol. The quantitative estimate of drug-likeness (QED) is 0.719. The number of likely N-dealkylation sites (N-methyl/N-ethyl adjacent to an activating group) is 1. The van der Waals surface area contributed by atoms with E-state index in [0.29, 0.717) is 6.61 Å². The second kappa shape index (κ2) is 6.34. The molecule has 5 nitrogen and oxygen atoms in total. The Bertz CT molecular complexity index is 356. The highest BCUT2D eigenvalue weighted by Crippen LogP contribution is 2.06. The molecule has 0 amide bonds. The first-order valence-corrected chi connectivity index (χ1v) is 5.40. The van der Waals surface area contributed by atoms with Gasteiger partial charge in [0.05, 0.1) is 12.6 Å². The number of hydrogen-bond acceptors (Lipinski definition) is 4. The number of carbonyl (C=O) groups is 1. The second-order valence-electron chi connectivity index (χ2n) is 3.91. The van der Waals surface area contributed by atoms with Crippen molar-refractivity contribution in [3.63, 3.8) is 0 Å². The minimum Gasteiger partial charge on any atom is -0.480 e. The topological polar surface area (TPSA) is 75.8 Å². The molecule has 1 aromatic carbocycles. The summed E-state index contributed by atoms with van der Waals surface area (Å²) in [5, 5.41) is 10.3. The van der Waals surface area contributed by atoms with E-state index in [1.807, 2.05) is 30.3 Å². The van der Waals surface area contributed by atoms with Gasteiger partial charge in [0.25, 0.3) is 0 Å². The molecule has 17 heavy (non-hydrogen) atoms. The number of hydrogen-bond donors (Lipinski definition) is 2. The van der Waals surface area contributed by atoms with E-state index >= 15 is 0 Å². The molecule has 0 bridgehead atoms. The standard InChI is InChI=1S/C12H18N2O3/c1-9(11(13)12(15)16)14(2)17-8-10-6-4-3-5-7-10/h3-7,9,11H,8,13H2,1-2H3,(H,15,16)/t9-,11-/m0/s1. The van der Waals surface area contributed by atoms with Gasteiger partial charge >= 0.3 is 5.97 Å². The monoisotopic (exact) mass is 238 g/mol. The first-order valence-electron chi connectivity index (χ1n) is 5.40. The van der Waals surface area contributed by atoms with Crippen LogP contribution in [0.1, 0.15) is 12.5 Å². The third-order valence-electron chi connectivity index (χ3n) is 2.66. The molecule has 0 aromatic heterocycles. The summed E-state index contributed by atoms with van der Waals surface area (Å²) in [6, 6.07) is 8.30. The number of nitrogens with zero attached hydrogens (tertiary/aromatic N) is 1. The first-order chi connectivity index (χ1) is 8.02. The van der Waals surface area contributed by atoms with Gasteiger partial charge in [-0.3, -0.25) is 9.63 Å². The van der Waals surface area contributed by atoms with Crippen LogP contribution in [0.5, 0.6) is 0 Å². The van der Waals surface area contributed by atoms with Crippen molar-refractivity contribution in [2.24, 2.45) is 5.73 Å². The lowest BCUT2D eigenvalue weighted by atomic mass is 10.1. The van der Waals surface area contributed by atoms with Gasteiger partial charge in [-0.1, -0.05) is 30.3 Å². The Labute approximate surface area is 101 Å². The number of nitrogens with two attached hydrogens (primary N) is 1. The third kappa shape index (κ3) is 4.14. The Balaban J connectivity index is 2.44. The summed E-state index contributed by atoms with van der Waals surface area (Å²) in [5.74, 6) is -1.03. The normalized spacial score (nSPS) is 14.6. The van der Waals surface area contributed by atoms with Crippen molar-refractivity contribution in [1.29, 1.82) is 0 Å². The van der Waals surface area contributed by atoms with Crippen molar-refractivity contribution in [1.82, 2.24) is 5.06 Å². The van der Waals surface area contributed by atoms with Gasteiger partial charge in [-0.05, 0) is 12.5 Å². The largest absolute Gasteiger partial charge is 0.480 e. The summed E-state index contributed by atoms with van der Waals surface area (Å²) < 4.78 is 0. The third-order valence-corrected chi connectivity index (χ3v) is 2.66. The highest BCUT2D eigenvalue weighted by molar-refractivity contribution is 5.73. The van der Waals surface area contributed by atoms with Gasteiger partial charge in [-0.25, -0.2) is 0 Å². The summed E-state index contributed by atoms with van der Waals surface area (Å²) in [4.78, 5) is 16.2.